The molecule has 1 heterocycles. The van der Waals surface area contributed by atoms with Gasteiger partial charge in [-0.3, -0.25) is 9.59 Å². The lowest BCUT2D eigenvalue weighted by atomic mass is 10.0. The van der Waals surface area contributed by atoms with Gasteiger partial charge < -0.3 is 15.4 Å². The number of anilines is 1. The molecule has 0 aliphatic carbocycles. The number of benzene rings is 2. The van der Waals surface area contributed by atoms with Crippen LogP contribution in [-0.4, -0.2) is 31.0 Å². The minimum atomic E-state index is -0.385. The predicted octanol–water partition coefficient (Wildman–Crippen LogP) is 2.40. The molecule has 2 aromatic rings. The number of likely N-dealkylation sites (N-methyl/N-ethyl adjacent to an activating group) is 1. The number of amides is 2. The van der Waals surface area contributed by atoms with Gasteiger partial charge in [0.15, 0.2) is 6.61 Å². The summed E-state index contributed by atoms with van der Waals surface area (Å²) < 4.78 is 5.45. The van der Waals surface area contributed by atoms with Crippen molar-refractivity contribution in [3.8, 4) is 5.75 Å². The van der Waals surface area contributed by atoms with Crippen LogP contribution < -0.4 is 26.2 Å². The number of carbonyl (C=O) groups excluding carboxylic acids is 2. The number of ether oxygens (including phenoxy) is 1. The maximum Gasteiger partial charge on any atom is 0.257 e. The van der Waals surface area contributed by atoms with Crippen molar-refractivity contribution in [3.63, 3.8) is 0 Å². The second-order valence-corrected chi connectivity index (χ2v) is 6.88. The highest BCUT2D eigenvalue weighted by Gasteiger charge is 2.30. The molecule has 2 aromatic carbocycles. The smallest absolute Gasteiger partial charge is 0.257 e. The topological polar surface area (TPSA) is 91.5 Å². The van der Waals surface area contributed by atoms with Crippen molar-refractivity contribution in [2.24, 2.45) is 0 Å². The Hall–Kier alpha value is -2.61. The van der Waals surface area contributed by atoms with E-state index in [4.69, 9.17) is 16.3 Å². The van der Waals surface area contributed by atoms with E-state index in [0.29, 0.717) is 29.4 Å². The summed E-state index contributed by atoms with van der Waals surface area (Å²) >= 11 is 6.04. The molecule has 1 aliphatic rings. The number of hydrazine groups is 1. The normalized spacial score (nSPS) is 18.5. The van der Waals surface area contributed by atoms with Crippen molar-refractivity contribution in [1.29, 1.82) is 0 Å². The first kappa shape index (κ1) is 20.1. The molecule has 1 aliphatic heterocycles. The molecule has 0 aromatic heterocycles. The summed E-state index contributed by atoms with van der Waals surface area (Å²) in [5.41, 5.74) is 7.79. The van der Waals surface area contributed by atoms with Crippen LogP contribution in [0.3, 0.4) is 0 Å². The number of hydrogen-bond donors (Lipinski definition) is 4. The van der Waals surface area contributed by atoms with E-state index in [1.807, 2.05) is 31.2 Å². The minimum absolute atomic E-state index is 0.00111. The van der Waals surface area contributed by atoms with E-state index in [0.717, 1.165) is 5.56 Å². The van der Waals surface area contributed by atoms with E-state index in [9.17, 15) is 9.59 Å². The Morgan fingerprint density at radius 3 is 2.79 bits per heavy atom. The molecule has 2 unspecified atom stereocenters. The third kappa shape index (κ3) is 5.45. The van der Waals surface area contributed by atoms with Gasteiger partial charge in [0.2, 0.25) is 5.91 Å². The monoisotopic (exact) mass is 402 g/mol. The fourth-order valence-corrected chi connectivity index (χ4v) is 3.16. The lowest BCUT2D eigenvalue weighted by molar-refractivity contribution is -0.123. The third-order valence-corrected chi connectivity index (χ3v) is 4.55. The largest absolute Gasteiger partial charge is 0.484 e. The summed E-state index contributed by atoms with van der Waals surface area (Å²) in [6.45, 7) is 2.33. The van der Waals surface area contributed by atoms with E-state index in [1.165, 1.54) is 0 Å². The van der Waals surface area contributed by atoms with Crippen molar-refractivity contribution in [1.82, 2.24) is 16.2 Å². The molecule has 0 spiro atoms. The van der Waals surface area contributed by atoms with Crippen molar-refractivity contribution < 1.29 is 14.3 Å². The molecule has 0 saturated carbocycles. The summed E-state index contributed by atoms with van der Waals surface area (Å²) in [5.74, 6) is 0.168. The van der Waals surface area contributed by atoms with Crippen LogP contribution in [0, 0.1) is 0 Å². The highest BCUT2D eigenvalue weighted by molar-refractivity contribution is 6.30. The second kappa shape index (κ2) is 9.54. The van der Waals surface area contributed by atoms with Gasteiger partial charge in [0.25, 0.3) is 5.91 Å². The fourth-order valence-electron chi connectivity index (χ4n) is 2.96. The average Bonchev–Trinajstić information content (AvgIpc) is 3.17. The molecule has 1 saturated heterocycles. The summed E-state index contributed by atoms with van der Waals surface area (Å²) in [5, 5.41) is 6.20. The quantitative estimate of drug-likeness (QED) is 0.571. The highest BCUT2D eigenvalue weighted by atomic mass is 35.5. The van der Waals surface area contributed by atoms with Crippen molar-refractivity contribution in [3.05, 3.63) is 59.1 Å². The summed E-state index contributed by atoms with van der Waals surface area (Å²) in [6, 6.07) is 14.1. The van der Waals surface area contributed by atoms with Crippen molar-refractivity contribution >= 4 is 29.1 Å². The van der Waals surface area contributed by atoms with Crippen LogP contribution >= 0.6 is 11.6 Å². The van der Waals surface area contributed by atoms with E-state index < -0.39 is 0 Å². The van der Waals surface area contributed by atoms with Crippen molar-refractivity contribution in [2.75, 3.05) is 18.5 Å². The fraction of sp³-hybridized carbons (Fsp3) is 0.300. The molecule has 1 fully saturated rings. The first-order valence-electron chi connectivity index (χ1n) is 9.12. The van der Waals surface area contributed by atoms with Crippen LogP contribution in [0.5, 0.6) is 5.75 Å². The molecule has 4 N–H and O–H groups in total. The molecule has 0 radical (unpaired) electrons. The van der Waals surface area contributed by atoms with Crippen LogP contribution in [0.4, 0.5) is 5.69 Å². The molecular formula is C20H23ClN4O3. The van der Waals surface area contributed by atoms with Crippen LogP contribution in [0.1, 0.15) is 24.9 Å². The van der Waals surface area contributed by atoms with Crippen LogP contribution in [0.25, 0.3) is 0 Å². The summed E-state index contributed by atoms with van der Waals surface area (Å²) in [4.78, 5) is 24.1. The van der Waals surface area contributed by atoms with Gasteiger partial charge in [-0.2, -0.15) is 0 Å². The van der Waals surface area contributed by atoms with E-state index >= 15 is 0 Å². The second-order valence-electron chi connectivity index (χ2n) is 6.44. The van der Waals surface area contributed by atoms with Crippen LogP contribution in [-0.2, 0) is 9.59 Å². The molecule has 7 nitrogen and oxygen atoms in total. The molecule has 2 amide bonds. The van der Waals surface area contributed by atoms with Gasteiger partial charge in [-0.1, -0.05) is 29.8 Å². The molecule has 8 heteroatoms. The highest BCUT2D eigenvalue weighted by Crippen LogP contribution is 2.25. The minimum Gasteiger partial charge on any atom is -0.484 e. The number of halogens is 1. The van der Waals surface area contributed by atoms with Crippen molar-refractivity contribution in [2.45, 2.75) is 25.4 Å². The molecule has 3 rings (SSSR count). The molecular weight excluding hydrogens is 380 g/mol. The maximum absolute atomic E-state index is 12.6. The Labute approximate surface area is 168 Å². The third-order valence-electron chi connectivity index (χ3n) is 4.32. The zero-order chi connectivity index (χ0) is 19.9. The van der Waals surface area contributed by atoms with Gasteiger partial charge in [0.05, 0.1) is 0 Å². The van der Waals surface area contributed by atoms with Gasteiger partial charge >= 0.3 is 0 Å². The molecule has 0 bridgehead atoms. The maximum atomic E-state index is 12.6. The predicted molar refractivity (Wildman–Crippen MR) is 108 cm³/mol. The Bertz CT molecular complexity index is 846. The van der Waals surface area contributed by atoms with E-state index in [1.54, 1.807) is 24.3 Å². The molecule has 2 atom stereocenters. The van der Waals surface area contributed by atoms with E-state index in [-0.39, 0.29) is 30.5 Å². The van der Waals surface area contributed by atoms with Crippen LogP contribution in [0.15, 0.2) is 48.5 Å². The Balaban J connectivity index is 1.55. The average molecular weight is 403 g/mol. The number of nitrogens with one attached hydrogen (secondary N) is 4. The summed E-state index contributed by atoms with van der Waals surface area (Å²) in [6.07, 6.45) is 0.597. The van der Waals surface area contributed by atoms with Gasteiger partial charge in [-0.25, -0.2) is 10.9 Å². The van der Waals surface area contributed by atoms with Gasteiger partial charge in [-0.05, 0) is 43.2 Å². The molecule has 28 heavy (non-hydrogen) atoms. The Morgan fingerprint density at radius 2 is 2.00 bits per heavy atom. The van der Waals surface area contributed by atoms with Gasteiger partial charge in [-0.15, -0.1) is 0 Å². The SMILES string of the molecule is CCNC(=O)COc1cccc(NC(=O)C2CC(c3cccc(Cl)c3)NN2)c1. The summed E-state index contributed by atoms with van der Waals surface area (Å²) in [7, 11) is 0. The lowest BCUT2D eigenvalue weighted by Gasteiger charge is -2.12. The van der Waals surface area contributed by atoms with Crippen LogP contribution in [0.2, 0.25) is 5.02 Å². The first-order valence-corrected chi connectivity index (χ1v) is 9.50. The number of rotatable bonds is 7. The number of hydrogen-bond acceptors (Lipinski definition) is 5. The van der Waals surface area contributed by atoms with Gasteiger partial charge in [0, 0.05) is 29.4 Å². The van der Waals surface area contributed by atoms with Gasteiger partial charge in [0.1, 0.15) is 11.8 Å². The zero-order valence-corrected chi connectivity index (χ0v) is 16.3. The first-order chi connectivity index (χ1) is 13.5. The molecule has 148 valence electrons. The number of carbonyl (C=O) groups is 2. The zero-order valence-electron chi connectivity index (χ0n) is 15.5. The van der Waals surface area contributed by atoms with E-state index in [2.05, 4.69) is 21.5 Å². The Morgan fingerprint density at radius 1 is 1.18 bits per heavy atom. The Kier molecular flexibility index (Phi) is 6.86. The lowest BCUT2D eigenvalue weighted by Crippen LogP contribution is -2.39. The standard InChI is InChI=1S/C20H23ClN4O3/c1-2-22-19(26)12-28-16-8-4-7-15(10-16)23-20(27)18-11-17(24-25-18)13-5-3-6-14(21)9-13/h3-10,17-18,24-25H,2,11-12H2,1H3,(H,22,26)(H,23,27).